The predicted octanol–water partition coefficient (Wildman–Crippen LogP) is 1.45. The van der Waals surface area contributed by atoms with Gasteiger partial charge in [-0.2, -0.15) is 0 Å². The van der Waals surface area contributed by atoms with Crippen LogP contribution in [0.5, 0.6) is 0 Å². The predicted molar refractivity (Wildman–Crippen MR) is 80.8 cm³/mol. The summed E-state index contributed by atoms with van der Waals surface area (Å²) < 4.78 is 5.08. The topological polar surface area (TPSA) is 48.7 Å². The molecule has 0 aliphatic carbocycles. The second-order valence-corrected chi connectivity index (χ2v) is 6.20. The quantitative estimate of drug-likeness (QED) is 0.912. The number of likely N-dealkylation sites (N-methyl/N-ethyl adjacent to an activating group) is 1. The number of amides is 1. The monoisotopic (exact) mass is 291 g/mol. The van der Waals surface area contributed by atoms with Crippen molar-refractivity contribution in [3.8, 4) is 0 Å². The van der Waals surface area contributed by atoms with Crippen LogP contribution in [-0.4, -0.2) is 54.5 Å². The molecule has 0 saturated carbocycles. The van der Waals surface area contributed by atoms with Gasteiger partial charge in [-0.3, -0.25) is 9.69 Å². The lowest BCUT2D eigenvalue weighted by molar-refractivity contribution is -0.136. The SMILES string of the molecule is CN(Cc1ccoc1)C(=O)C1CCCN1C1CCNCC1. The highest BCUT2D eigenvalue weighted by Crippen LogP contribution is 2.26. The zero-order valence-electron chi connectivity index (χ0n) is 12.8. The molecule has 0 bridgehead atoms. The lowest BCUT2D eigenvalue weighted by Gasteiger charge is -2.36. The van der Waals surface area contributed by atoms with E-state index >= 15 is 0 Å². The van der Waals surface area contributed by atoms with Gasteiger partial charge in [0.15, 0.2) is 0 Å². The molecule has 116 valence electrons. The molecule has 1 amide bonds. The Morgan fingerprint density at radius 2 is 2.24 bits per heavy atom. The molecule has 1 N–H and O–H groups in total. The van der Waals surface area contributed by atoms with E-state index in [1.807, 2.05) is 18.0 Å². The summed E-state index contributed by atoms with van der Waals surface area (Å²) in [6.07, 6.45) is 7.83. The van der Waals surface area contributed by atoms with Gasteiger partial charge in [0, 0.05) is 25.2 Å². The number of hydrogen-bond acceptors (Lipinski definition) is 4. The normalized spacial score (nSPS) is 24.3. The van der Waals surface area contributed by atoms with Crippen LogP contribution >= 0.6 is 0 Å². The largest absolute Gasteiger partial charge is 0.472 e. The van der Waals surface area contributed by atoms with Crippen LogP contribution < -0.4 is 5.32 Å². The van der Waals surface area contributed by atoms with E-state index in [1.165, 1.54) is 0 Å². The van der Waals surface area contributed by atoms with Crippen LogP contribution in [-0.2, 0) is 11.3 Å². The Labute approximate surface area is 126 Å². The highest BCUT2D eigenvalue weighted by atomic mass is 16.3. The second kappa shape index (κ2) is 6.62. The maximum atomic E-state index is 12.8. The van der Waals surface area contributed by atoms with Gasteiger partial charge in [0.2, 0.25) is 5.91 Å². The zero-order valence-corrected chi connectivity index (χ0v) is 12.8. The molecule has 3 rings (SSSR count). The van der Waals surface area contributed by atoms with E-state index in [0.29, 0.717) is 12.6 Å². The van der Waals surface area contributed by atoms with Gasteiger partial charge < -0.3 is 14.6 Å². The van der Waals surface area contributed by atoms with Crippen LogP contribution in [0.15, 0.2) is 23.0 Å². The van der Waals surface area contributed by atoms with Gasteiger partial charge in [-0.05, 0) is 51.4 Å². The lowest BCUT2D eigenvalue weighted by Crippen LogP contribution is -2.50. The van der Waals surface area contributed by atoms with Crippen molar-refractivity contribution in [1.82, 2.24) is 15.1 Å². The minimum atomic E-state index is 0.0741. The third-order valence-electron chi connectivity index (χ3n) is 4.73. The average Bonchev–Trinajstić information content (AvgIpc) is 3.18. The number of rotatable bonds is 4. The summed E-state index contributed by atoms with van der Waals surface area (Å²) in [5.41, 5.74) is 1.05. The molecule has 1 atom stereocenters. The van der Waals surface area contributed by atoms with Crippen molar-refractivity contribution in [1.29, 1.82) is 0 Å². The van der Waals surface area contributed by atoms with E-state index in [9.17, 15) is 4.79 Å². The summed E-state index contributed by atoms with van der Waals surface area (Å²) in [7, 11) is 1.90. The van der Waals surface area contributed by atoms with E-state index in [1.54, 1.807) is 12.5 Å². The third-order valence-corrected chi connectivity index (χ3v) is 4.73. The second-order valence-electron chi connectivity index (χ2n) is 6.20. The van der Waals surface area contributed by atoms with Gasteiger partial charge in [0.05, 0.1) is 18.6 Å². The van der Waals surface area contributed by atoms with E-state index in [-0.39, 0.29) is 11.9 Å². The molecule has 0 aromatic carbocycles. The Kier molecular flexibility index (Phi) is 4.60. The van der Waals surface area contributed by atoms with Gasteiger partial charge in [-0.15, -0.1) is 0 Å². The fraction of sp³-hybridized carbons (Fsp3) is 0.688. The molecule has 1 unspecified atom stereocenters. The van der Waals surface area contributed by atoms with Crippen molar-refractivity contribution in [2.24, 2.45) is 0 Å². The molecule has 21 heavy (non-hydrogen) atoms. The summed E-state index contributed by atoms with van der Waals surface area (Å²) in [6.45, 7) is 3.85. The average molecular weight is 291 g/mol. The van der Waals surface area contributed by atoms with Crippen molar-refractivity contribution < 1.29 is 9.21 Å². The maximum absolute atomic E-state index is 12.8. The summed E-state index contributed by atoms with van der Waals surface area (Å²) in [6, 6.07) is 2.57. The molecular weight excluding hydrogens is 266 g/mol. The third kappa shape index (κ3) is 3.30. The molecule has 0 radical (unpaired) electrons. The van der Waals surface area contributed by atoms with Gasteiger partial charge in [0.25, 0.3) is 0 Å². The Hall–Kier alpha value is -1.33. The molecule has 5 heteroatoms. The zero-order chi connectivity index (χ0) is 14.7. The summed E-state index contributed by atoms with van der Waals surface area (Å²) in [4.78, 5) is 17.1. The van der Waals surface area contributed by atoms with Crippen molar-refractivity contribution in [3.05, 3.63) is 24.2 Å². The number of hydrogen-bond donors (Lipinski definition) is 1. The number of carbonyl (C=O) groups excluding carboxylic acids is 1. The van der Waals surface area contributed by atoms with E-state index in [0.717, 1.165) is 50.9 Å². The van der Waals surface area contributed by atoms with Gasteiger partial charge in [-0.1, -0.05) is 0 Å². The highest BCUT2D eigenvalue weighted by molar-refractivity contribution is 5.82. The number of nitrogens with zero attached hydrogens (tertiary/aromatic N) is 2. The van der Waals surface area contributed by atoms with Crippen LogP contribution in [0.25, 0.3) is 0 Å². The highest BCUT2D eigenvalue weighted by Gasteiger charge is 2.36. The lowest BCUT2D eigenvalue weighted by atomic mass is 10.0. The van der Waals surface area contributed by atoms with E-state index in [2.05, 4.69) is 10.2 Å². The Morgan fingerprint density at radius 1 is 1.43 bits per heavy atom. The molecule has 5 nitrogen and oxygen atoms in total. The number of likely N-dealkylation sites (tertiary alicyclic amines) is 1. The number of piperidine rings is 1. The molecular formula is C16H25N3O2. The molecule has 1 aromatic heterocycles. The van der Waals surface area contributed by atoms with Gasteiger partial charge in [-0.25, -0.2) is 0 Å². The van der Waals surface area contributed by atoms with Gasteiger partial charge >= 0.3 is 0 Å². The molecule has 2 fully saturated rings. The standard InChI is InChI=1S/C16H25N3O2/c1-18(11-13-6-10-21-12-13)16(20)15-3-2-9-19(15)14-4-7-17-8-5-14/h6,10,12,14-15,17H,2-5,7-9,11H2,1H3. The first-order chi connectivity index (χ1) is 10.3. The maximum Gasteiger partial charge on any atom is 0.239 e. The van der Waals surface area contributed by atoms with Crippen LogP contribution in [0.3, 0.4) is 0 Å². The summed E-state index contributed by atoms with van der Waals surface area (Å²) in [5.74, 6) is 0.257. The van der Waals surface area contributed by atoms with Crippen LogP contribution in [0.1, 0.15) is 31.2 Å². The fourth-order valence-corrected chi connectivity index (χ4v) is 3.62. The van der Waals surface area contributed by atoms with Crippen molar-refractivity contribution in [2.75, 3.05) is 26.7 Å². The molecule has 2 aliphatic rings. The summed E-state index contributed by atoms with van der Waals surface area (Å²) in [5, 5.41) is 3.40. The van der Waals surface area contributed by atoms with Crippen molar-refractivity contribution in [3.63, 3.8) is 0 Å². The van der Waals surface area contributed by atoms with E-state index in [4.69, 9.17) is 4.42 Å². The Morgan fingerprint density at radius 3 is 2.95 bits per heavy atom. The van der Waals surface area contributed by atoms with E-state index < -0.39 is 0 Å². The fourth-order valence-electron chi connectivity index (χ4n) is 3.62. The van der Waals surface area contributed by atoms with Crippen molar-refractivity contribution in [2.45, 2.75) is 44.3 Å². The first kappa shape index (κ1) is 14.6. The Balaban J connectivity index is 1.62. The van der Waals surface area contributed by atoms with Crippen LogP contribution in [0.4, 0.5) is 0 Å². The minimum Gasteiger partial charge on any atom is -0.472 e. The molecule has 2 aliphatic heterocycles. The Bertz CT molecular complexity index is 454. The van der Waals surface area contributed by atoms with Crippen LogP contribution in [0.2, 0.25) is 0 Å². The molecule has 1 aromatic rings. The minimum absolute atomic E-state index is 0.0741. The molecule has 2 saturated heterocycles. The van der Waals surface area contributed by atoms with Crippen molar-refractivity contribution >= 4 is 5.91 Å². The molecule has 3 heterocycles. The first-order valence-electron chi connectivity index (χ1n) is 7.98. The van der Waals surface area contributed by atoms with Crippen LogP contribution in [0, 0.1) is 0 Å². The first-order valence-corrected chi connectivity index (χ1v) is 7.98. The van der Waals surface area contributed by atoms with Gasteiger partial charge in [0.1, 0.15) is 0 Å². The smallest absolute Gasteiger partial charge is 0.239 e. The summed E-state index contributed by atoms with van der Waals surface area (Å²) >= 11 is 0. The molecule has 0 spiro atoms. The number of furan rings is 1. The number of carbonyl (C=O) groups is 1. The number of nitrogens with one attached hydrogen (secondary N) is 1.